The smallest absolute Gasteiger partial charge is 0.243 e. The number of nitrogens with zero attached hydrogens (tertiary/aromatic N) is 1. The summed E-state index contributed by atoms with van der Waals surface area (Å²) in [4.78, 5) is 107. The average molecular weight is 1060 g/mol. The molecule has 2 aliphatic rings. The van der Waals surface area contributed by atoms with Crippen LogP contribution in [0.1, 0.15) is 120 Å². The molecule has 77 heavy (non-hydrogen) atoms. The zero-order valence-corrected chi connectivity index (χ0v) is 44.8. The van der Waals surface area contributed by atoms with Crippen molar-refractivity contribution in [1.29, 1.82) is 0 Å². The maximum atomic E-state index is 15.0. The van der Waals surface area contributed by atoms with Crippen LogP contribution < -0.4 is 54.8 Å². The van der Waals surface area contributed by atoms with Gasteiger partial charge in [0, 0.05) is 36.5 Å². The standard InChI is InChI=1S/C58H82N12O7/c1-36(2)50(57(77)65-45(28-17-29-63-58(61)62)53(73)66-46(51(60)71)31-38-20-9-4-10-21-38)70-56(76)48(33-40-24-13-6-14-25-40)68-55(75)49(34-41-35-64-44-27-16-15-26-42(41)44)69-54(74)47(32-39-22-11-5-12-23-39)67-52(72)43(59)30-37-18-7-3-8-19-37/h3,5,7-8,11-12,15-16,18-19,22-23,26-27,35-36,38,40,43,45-50,64H,4,6,9-10,13-14,17,20-21,24-25,28-34,59H2,1-2H3,(H2,60,71)(H,65,77)(H,66,73)(H,67,72)(H,68,75)(H,69,74)(H,70,76)(H4,61,62,63)/t43-,45-,46-,47-,48-,49-,50+/m0/s1. The van der Waals surface area contributed by atoms with Gasteiger partial charge in [0.2, 0.25) is 41.4 Å². The molecule has 1 heterocycles. The molecule has 7 amide bonds. The number of guanidine groups is 1. The second-order valence-corrected chi connectivity index (χ2v) is 21.4. The van der Waals surface area contributed by atoms with Crippen LogP contribution in [0, 0.1) is 17.8 Å². The third kappa shape index (κ3) is 18.8. The molecule has 3 aromatic carbocycles. The lowest BCUT2D eigenvalue weighted by atomic mass is 9.84. The largest absolute Gasteiger partial charge is 0.370 e. The van der Waals surface area contributed by atoms with Crippen LogP contribution in [0.15, 0.2) is 96.1 Å². The SMILES string of the molecule is CC(C)[C@@H](NC(=O)[C@H](CC1CCCCC1)NC(=O)[C@H](Cc1c[nH]c2ccccc12)NC(=O)[C@H](Cc1ccccc1)NC(=O)[C@@H](N)Cc1ccccc1)C(=O)N[C@@H](CCCN=C(N)N)C(=O)N[C@@H](CC1CCCCC1)C(N)=O. The Morgan fingerprint density at radius 2 is 1.03 bits per heavy atom. The first-order valence-electron chi connectivity index (χ1n) is 27.6. The predicted molar refractivity (Wildman–Crippen MR) is 298 cm³/mol. The van der Waals surface area contributed by atoms with Crippen molar-refractivity contribution < 1.29 is 33.6 Å². The molecule has 0 aliphatic heterocycles. The van der Waals surface area contributed by atoms with Crippen molar-refractivity contribution in [2.24, 2.45) is 45.7 Å². The van der Waals surface area contributed by atoms with Gasteiger partial charge in [-0.2, -0.15) is 0 Å². The van der Waals surface area contributed by atoms with Crippen LogP contribution >= 0.6 is 0 Å². The van der Waals surface area contributed by atoms with Crippen LogP contribution in [0.5, 0.6) is 0 Å². The number of hydrogen-bond donors (Lipinski definition) is 11. The van der Waals surface area contributed by atoms with Crippen molar-refractivity contribution >= 4 is 58.2 Å². The van der Waals surface area contributed by atoms with Gasteiger partial charge in [0.15, 0.2) is 5.96 Å². The van der Waals surface area contributed by atoms with Crippen molar-refractivity contribution in [3.05, 3.63) is 108 Å². The third-order valence-electron chi connectivity index (χ3n) is 15.0. The summed E-state index contributed by atoms with van der Waals surface area (Å²) in [7, 11) is 0. The Hall–Kier alpha value is -7.28. The Morgan fingerprint density at radius 3 is 1.61 bits per heavy atom. The van der Waals surface area contributed by atoms with Gasteiger partial charge in [0.05, 0.1) is 6.04 Å². The van der Waals surface area contributed by atoms with Crippen LogP contribution in [0.25, 0.3) is 10.9 Å². The Kier molecular flexibility index (Phi) is 22.9. The summed E-state index contributed by atoms with van der Waals surface area (Å²) >= 11 is 0. The first-order chi connectivity index (χ1) is 37.0. The fourth-order valence-corrected chi connectivity index (χ4v) is 10.7. The number of nitrogens with one attached hydrogen (secondary N) is 7. The molecule has 416 valence electrons. The third-order valence-corrected chi connectivity index (χ3v) is 15.0. The highest BCUT2D eigenvalue weighted by atomic mass is 16.2. The van der Waals surface area contributed by atoms with E-state index in [0.29, 0.717) is 12.8 Å². The Bertz CT molecular complexity index is 2590. The normalized spacial score (nSPS) is 16.8. The molecule has 15 N–H and O–H groups in total. The molecule has 0 spiro atoms. The van der Waals surface area contributed by atoms with E-state index in [9.17, 15) is 28.8 Å². The number of H-pyrrole nitrogens is 1. The highest BCUT2D eigenvalue weighted by molar-refractivity contribution is 5.98. The molecule has 7 atom stereocenters. The van der Waals surface area contributed by atoms with Gasteiger partial charge >= 0.3 is 0 Å². The monoisotopic (exact) mass is 1060 g/mol. The van der Waals surface area contributed by atoms with E-state index >= 15 is 4.79 Å². The van der Waals surface area contributed by atoms with Gasteiger partial charge in [-0.25, -0.2) is 0 Å². The van der Waals surface area contributed by atoms with Gasteiger partial charge in [-0.15, -0.1) is 0 Å². The molecule has 4 aromatic rings. The summed E-state index contributed by atoms with van der Waals surface area (Å²) in [5.41, 5.74) is 26.5. The first kappa shape index (κ1) is 59.0. The maximum absolute atomic E-state index is 15.0. The molecule has 1 aromatic heterocycles. The summed E-state index contributed by atoms with van der Waals surface area (Å²) in [6, 6.07) is 18.3. The van der Waals surface area contributed by atoms with Crippen molar-refractivity contribution in [1.82, 2.24) is 36.9 Å². The van der Waals surface area contributed by atoms with E-state index in [4.69, 9.17) is 22.9 Å². The number of amides is 7. The molecular formula is C58H82N12O7. The van der Waals surface area contributed by atoms with Crippen molar-refractivity contribution in [2.45, 2.75) is 165 Å². The van der Waals surface area contributed by atoms with E-state index in [2.05, 4.69) is 41.9 Å². The molecule has 2 saturated carbocycles. The molecule has 0 bridgehead atoms. The van der Waals surface area contributed by atoms with Gasteiger partial charge in [0.25, 0.3) is 0 Å². The van der Waals surface area contributed by atoms with Crippen molar-refractivity contribution in [3.63, 3.8) is 0 Å². The number of hydrogen-bond acceptors (Lipinski definition) is 9. The minimum atomic E-state index is -1.25. The number of carbonyl (C=O) groups is 7. The summed E-state index contributed by atoms with van der Waals surface area (Å²) in [6.45, 7) is 3.68. The van der Waals surface area contributed by atoms with Crippen LogP contribution in [0.4, 0.5) is 0 Å². The lowest BCUT2D eigenvalue weighted by Gasteiger charge is -2.31. The molecular weight excluding hydrogens is 977 g/mol. The molecule has 19 nitrogen and oxygen atoms in total. The molecule has 2 aliphatic carbocycles. The van der Waals surface area contributed by atoms with Gasteiger partial charge in [-0.05, 0) is 72.6 Å². The Morgan fingerprint density at radius 1 is 0.545 bits per heavy atom. The quantitative estimate of drug-likeness (QED) is 0.0223. The van der Waals surface area contributed by atoms with Crippen LogP contribution in [0.2, 0.25) is 0 Å². The maximum Gasteiger partial charge on any atom is 0.243 e. The molecule has 0 radical (unpaired) electrons. The van der Waals surface area contributed by atoms with Gasteiger partial charge < -0.3 is 59.8 Å². The van der Waals surface area contributed by atoms with Crippen LogP contribution in [-0.2, 0) is 52.8 Å². The number of fused-ring (bicyclic) bond motifs is 1. The zero-order chi connectivity index (χ0) is 55.3. The predicted octanol–water partition coefficient (Wildman–Crippen LogP) is 3.57. The summed E-state index contributed by atoms with van der Waals surface area (Å²) < 4.78 is 0. The minimum absolute atomic E-state index is 0.0137. The number of benzene rings is 3. The minimum Gasteiger partial charge on any atom is -0.370 e. The summed E-state index contributed by atoms with van der Waals surface area (Å²) in [6.07, 6.45) is 12.8. The molecule has 0 saturated heterocycles. The fourth-order valence-electron chi connectivity index (χ4n) is 10.7. The average Bonchev–Trinajstić information content (AvgIpc) is 3.83. The summed E-state index contributed by atoms with van der Waals surface area (Å²) in [5.74, 6) is -4.70. The van der Waals surface area contributed by atoms with Gasteiger partial charge in [-0.1, -0.05) is 157 Å². The van der Waals surface area contributed by atoms with E-state index < -0.39 is 89.6 Å². The lowest BCUT2D eigenvalue weighted by molar-refractivity contribution is -0.136. The zero-order valence-electron chi connectivity index (χ0n) is 44.8. The Labute approximate surface area is 452 Å². The Balaban J connectivity index is 1.24. The number of rotatable bonds is 28. The number of primary amides is 1. The van der Waals surface area contributed by atoms with Crippen LogP contribution in [-0.4, -0.2) is 101 Å². The topological polar surface area (TPSA) is 324 Å². The van der Waals surface area contributed by atoms with E-state index in [1.165, 1.54) is 0 Å². The highest BCUT2D eigenvalue weighted by Gasteiger charge is 2.36. The lowest BCUT2D eigenvalue weighted by Crippen LogP contribution is -2.61. The molecule has 2 fully saturated rings. The fraction of sp³-hybridized carbons (Fsp3) is 0.517. The second kappa shape index (κ2) is 29.9. The van der Waals surface area contributed by atoms with E-state index in [-0.39, 0.29) is 56.4 Å². The number of aliphatic imine (C=N–C) groups is 1. The van der Waals surface area contributed by atoms with E-state index in [1.54, 1.807) is 20.0 Å². The molecule has 6 rings (SSSR count). The number of aromatic amines is 1. The number of carbonyl (C=O) groups excluding carboxylic acids is 7. The van der Waals surface area contributed by atoms with Crippen molar-refractivity contribution in [2.75, 3.05) is 6.54 Å². The van der Waals surface area contributed by atoms with E-state index in [0.717, 1.165) is 91.8 Å². The van der Waals surface area contributed by atoms with Crippen molar-refractivity contribution in [3.8, 4) is 0 Å². The molecule has 19 heteroatoms. The second-order valence-electron chi connectivity index (χ2n) is 21.4. The number of aromatic nitrogens is 1. The first-order valence-corrected chi connectivity index (χ1v) is 27.6. The van der Waals surface area contributed by atoms with Gasteiger partial charge in [0.1, 0.15) is 36.3 Å². The number of nitrogens with two attached hydrogens (primary N) is 4. The summed E-state index contributed by atoms with van der Waals surface area (Å²) in [5, 5.41) is 18.2. The van der Waals surface area contributed by atoms with Crippen LogP contribution in [0.3, 0.4) is 0 Å². The van der Waals surface area contributed by atoms with E-state index in [1.807, 2.05) is 84.9 Å². The van der Waals surface area contributed by atoms with Gasteiger partial charge in [-0.3, -0.25) is 38.6 Å². The number of para-hydroxylation sites is 1. The molecule has 0 unspecified atom stereocenters. The highest BCUT2D eigenvalue weighted by Crippen LogP contribution is 2.29.